The Balaban J connectivity index is 2.73. The van der Waals surface area contributed by atoms with Crippen LogP contribution < -0.4 is 5.19 Å². The third-order valence-electron chi connectivity index (χ3n) is 1.69. The first-order valence-electron chi connectivity index (χ1n) is 4.36. The number of hydrogen-bond acceptors (Lipinski definition) is 2. The minimum absolute atomic E-state index is 0.0962. The van der Waals surface area contributed by atoms with Gasteiger partial charge in [0.2, 0.25) is 0 Å². The Morgan fingerprint density at radius 3 is 2.93 bits per heavy atom. The maximum absolute atomic E-state index is 10.7. The molecule has 0 heterocycles. The predicted octanol–water partition coefficient (Wildman–Crippen LogP) is 1.22. The van der Waals surface area contributed by atoms with Gasteiger partial charge in [-0.3, -0.25) is 4.79 Å². The smallest absolute Gasteiger partial charge is 0.355 e. The molecule has 0 aliphatic rings. The van der Waals surface area contributed by atoms with Gasteiger partial charge >= 0.3 is 9.76 Å². The molecule has 2 nitrogen and oxygen atoms in total. The Kier molecular flexibility index (Phi) is 4.13. The molecule has 1 aromatic rings. The lowest BCUT2D eigenvalue weighted by Crippen LogP contribution is -2.23. The summed E-state index contributed by atoms with van der Waals surface area (Å²) in [6, 6.07) is 7.91. The van der Waals surface area contributed by atoms with Crippen LogP contribution in [-0.2, 0) is 15.6 Å². The van der Waals surface area contributed by atoms with Gasteiger partial charge in [-0.1, -0.05) is 30.3 Å². The van der Waals surface area contributed by atoms with Gasteiger partial charge in [0.05, 0.1) is 0 Å². The highest BCUT2D eigenvalue weighted by molar-refractivity contribution is 6.49. The maximum atomic E-state index is 10.7. The highest BCUT2D eigenvalue weighted by atomic mass is 28.2. The summed E-state index contributed by atoms with van der Waals surface area (Å²) in [7, 11) is 0.0962. The fraction of sp³-hybridized carbons (Fsp3) is 0.182. The number of hydrogen-bond donors (Lipinski definition) is 0. The zero-order valence-electron chi connectivity index (χ0n) is 8.12. The third kappa shape index (κ3) is 3.18. The lowest BCUT2D eigenvalue weighted by molar-refractivity contribution is -0.131. The van der Waals surface area contributed by atoms with Crippen LogP contribution in [0, 0.1) is 0 Å². The first kappa shape index (κ1) is 10.7. The van der Waals surface area contributed by atoms with Crippen LogP contribution in [0.1, 0.15) is 12.5 Å². The van der Waals surface area contributed by atoms with Crippen molar-refractivity contribution in [2.24, 2.45) is 0 Å². The van der Waals surface area contributed by atoms with E-state index >= 15 is 0 Å². The molecule has 0 spiro atoms. The molecule has 0 saturated carbocycles. The molecule has 14 heavy (non-hydrogen) atoms. The van der Waals surface area contributed by atoms with E-state index in [2.05, 4.69) is 6.58 Å². The topological polar surface area (TPSA) is 26.3 Å². The lowest BCUT2D eigenvalue weighted by Gasteiger charge is -2.05. The highest BCUT2D eigenvalue weighted by Gasteiger charge is 2.04. The van der Waals surface area contributed by atoms with E-state index < -0.39 is 0 Å². The van der Waals surface area contributed by atoms with Crippen molar-refractivity contribution in [2.75, 3.05) is 0 Å². The monoisotopic (exact) mass is 204 g/mol. The van der Waals surface area contributed by atoms with E-state index in [1.807, 2.05) is 30.3 Å². The zero-order valence-corrected chi connectivity index (χ0v) is 9.12. The van der Waals surface area contributed by atoms with Gasteiger partial charge < -0.3 is 4.43 Å². The van der Waals surface area contributed by atoms with Gasteiger partial charge in [0, 0.05) is 6.92 Å². The van der Waals surface area contributed by atoms with E-state index in [0.717, 1.165) is 11.6 Å². The van der Waals surface area contributed by atoms with Crippen LogP contribution >= 0.6 is 0 Å². The van der Waals surface area contributed by atoms with Crippen LogP contribution in [0.2, 0.25) is 0 Å². The summed E-state index contributed by atoms with van der Waals surface area (Å²) in [6.45, 7) is 5.11. The van der Waals surface area contributed by atoms with Crippen molar-refractivity contribution in [1.82, 2.24) is 0 Å². The van der Waals surface area contributed by atoms with E-state index in [-0.39, 0.29) is 15.7 Å². The lowest BCUT2D eigenvalue weighted by atomic mass is 10.1. The number of benzene rings is 1. The van der Waals surface area contributed by atoms with Crippen molar-refractivity contribution in [3.05, 3.63) is 42.5 Å². The second-order valence-electron chi connectivity index (χ2n) is 2.85. The Hall–Kier alpha value is -1.35. The average molecular weight is 204 g/mol. The molecule has 0 saturated heterocycles. The van der Waals surface area contributed by atoms with E-state index in [0.29, 0.717) is 0 Å². The maximum Gasteiger partial charge on any atom is 0.355 e. The van der Waals surface area contributed by atoms with Crippen molar-refractivity contribution >= 4 is 20.9 Å². The number of carbonyl (C=O) groups is 1. The van der Waals surface area contributed by atoms with Crippen LogP contribution in [0.4, 0.5) is 0 Å². The summed E-state index contributed by atoms with van der Waals surface area (Å²) < 4.78 is 4.97. The Morgan fingerprint density at radius 2 is 2.29 bits per heavy atom. The average Bonchev–Trinajstić information content (AvgIpc) is 2.17. The Labute approximate surface area is 86.5 Å². The van der Waals surface area contributed by atoms with Crippen LogP contribution in [0.25, 0.3) is 0 Å². The number of carbonyl (C=O) groups excluding carboxylic acids is 1. The molecule has 1 rings (SSSR count). The summed E-state index contributed by atoms with van der Waals surface area (Å²) in [4.78, 5) is 10.7. The minimum atomic E-state index is -0.239. The predicted molar refractivity (Wildman–Crippen MR) is 57.5 cm³/mol. The van der Waals surface area contributed by atoms with E-state index in [1.54, 1.807) is 0 Å². The first-order valence-corrected chi connectivity index (χ1v) is 5.27. The van der Waals surface area contributed by atoms with Crippen molar-refractivity contribution in [3.63, 3.8) is 0 Å². The first-order chi connectivity index (χ1) is 6.74. The molecular weight excluding hydrogens is 192 g/mol. The molecular formula is C11H12O2Si. The van der Waals surface area contributed by atoms with Crippen LogP contribution in [0.15, 0.2) is 36.9 Å². The molecule has 2 radical (unpaired) electrons. The van der Waals surface area contributed by atoms with Crippen LogP contribution in [-0.4, -0.2) is 15.7 Å². The second kappa shape index (κ2) is 5.39. The summed E-state index contributed by atoms with van der Waals surface area (Å²) in [5.74, 6) is -0.239. The molecule has 0 atom stereocenters. The molecule has 0 aliphatic heterocycles. The zero-order chi connectivity index (χ0) is 10.4. The fourth-order valence-corrected chi connectivity index (χ4v) is 1.81. The van der Waals surface area contributed by atoms with Crippen LogP contribution in [0.3, 0.4) is 0 Å². The van der Waals surface area contributed by atoms with E-state index in [4.69, 9.17) is 4.43 Å². The number of allylic oxidation sites excluding steroid dienone is 1. The molecule has 0 N–H and O–H groups in total. The van der Waals surface area contributed by atoms with Gasteiger partial charge in [-0.15, -0.1) is 6.58 Å². The molecule has 72 valence electrons. The van der Waals surface area contributed by atoms with Gasteiger partial charge in [0.15, 0.2) is 0 Å². The van der Waals surface area contributed by atoms with Crippen molar-refractivity contribution in [3.8, 4) is 0 Å². The highest BCUT2D eigenvalue weighted by Crippen LogP contribution is 1.97. The normalized spacial score (nSPS) is 9.50. The molecule has 0 fully saturated rings. The molecule has 0 amide bonds. The Bertz CT molecular complexity index is 334. The fourth-order valence-electron chi connectivity index (χ4n) is 1.08. The van der Waals surface area contributed by atoms with Crippen molar-refractivity contribution in [2.45, 2.75) is 13.3 Å². The molecule has 0 aliphatic carbocycles. The van der Waals surface area contributed by atoms with E-state index in [1.165, 1.54) is 12.5 Å². The van der Waals surface area contributed by atoms with E-state index in [9.17, 15) is 4.79 Å². The summed E-state index contributed by atoms with van der Waals surface area (Å²) in [5.41, 5.74) is 1.17. The molecule has 1 aromatic carbocycles. The van der Waals surface area contributed by atoms with Gasteiger partial charge in [-0.05, 0) is 17.2 Å². The minimum Gasteiger partial charge on any atom is -0.511 e. The van der Waals surface area contributed by atoms with Crippen LogP contribution in [0.5, 0.6) is 0 Å². The number of rotatable bonds is 4. The molecule has 0 aromatic heterocycles. The van der Waals surface area contributed by atoms with Gasteiger partial charge in [0.1, 0.15) is 0 Å². The van der Waals surface area contributed by atoms with Gasteiger partial charge in [-0.2, -0.15) is 0 Å². The largest absolute Gasteiger partial charge is 0.511 e. The summed E-state index contributed by atoms with van der Waals surface area (Å²) >= 11 is 0. The molecule has 0 unspecified atom stereocenters. The molecule has 0 bridgehead atoms. The Morgan fingerprint density at radius 1 is 1.57 bits per heavy atom. The van der Waals surface area contributed by atoms with Gasteiger partial charge in [0.25, 0.3) is 5.97 Å². The third-order valence-corrected chi connectivity index (χ3v) is 2.78. The van der Waals surface area contributed by atoms with Crippen molar-refractivity contribution in [1.29, 1.82) is 0 Å². The molecule has 3 heteroatoms. The summed E-state index contributed by atoms with van der Waals surface area (Å²) in [5, 5.41) is 1.07. The quantitative estimate of drug-likeness (QED) is 0.544. The second-order valence-corrected chi connectivity index (χ2v) is 3.79. The SMILES string of the molecule is C=CCc1ccccc1[Si]OC(C)=O. The van der Waals surface area contributed by atoms with Crippen molar-refractivity contribution < 1.29 is 9.22 Å². The summed E-state index contributed by atoms with van der Waals surface area (Å²) in [6.07, 6.45) is 2.65. The van der Waals surface area contributed by atoms with Gasteiger partial charge in [-0.25, -0.2) is 0 Å². The standard InChI is InChI=1S/C11H12O2Si/c1-3-6-10-7-4-5-8-11(10)14-13-9(2)12/h3-5,7-8H,1,6H2,2H3.